The topological polar surface area (TPSA) is 17.1 Å². The first kappa shape index (κ1) is 13.6. The second-order valence-electron chi connectivity index (χ2n) is 4.34. The molecule has 1 saturated heterocycles. The van der Waals surface area contributed by atoms with Gasteiger partial charge in [-0.05, 0) is 48.5 Å². The third-order valence-electron chi connectivity index (χ3n) is 3.00. The van der Waals surface area contributed by atoms with Crippen molar-refractivity contribution in [3.63, 3.8) is 0 Å². The number of Topliss-reactive ketones (excluding diaryl/α,β-unsaturated/α-hetero) is 1. The average Bonchev–Trinajstić information content (AvgIpc) is 2.29. The van der Waals surface area contributed by atoms with Gasteiger partial charge < -0.3 is 0 Å². The van der Waals surface area contributed by atoms with Gasteiger partial charge >= 0.3 is 0 Å². The highest BCUT2D eigenvalue weighted by Gasteiger charge is 2.18. The summed E-state index contributed by atoms with van der Waals surface area (Å²) in [6.07, 6.45) is 3.07. The minimum Gasteiger partial charge on any atom is -0.294 e. The van der Waals surface area contributed by atoms with Crippen LogP contribution < -0.4 is 0 Å². The molecule has 92 valence electrons. The first-order valence-corrected chi connectivity index (χ1v) is 8.46. The van der Waals surface area contributed by atoms with Crippen molar-refractivity contribution < 1.29 is 4.79 Å². The summed E-state index contributed by atoms with van der Waals surface area (Å²) < 4.78 is 1.91. The van der Waals surface area contributed by atoms with Crippen molar-refractivity contribution in [2.75, 3.05) is 11.5 Å². The molecule has 17 heavy (non-hydrogen) atoms. The van der Waals surface area contributed by atoms with E-state index in [2.05, 4.69) is 31.9 Å². The largest absolute Gasteiger partial charge is 0.294 e. The standard InChI is InChI=1S/C13H14Br2OS/c14-11-6-10(7-12(15)8-11)13(16)5-9-1-3-17-4-2-9/h6-9H,1-5H2. The highest BCUT2D eigenvalue weighted by Crippen LogP contribution is 2.28. The number of thioether (sulfide) groups is 1. The molecule has 4 heteroatoms. The molecule has 0 spiro atoms. The molecule has 0 radical (unpaired) electrons. The Morgan fingerprint density at radius 3 is 2.35 bits per heavy atom. The predicted octanol–water partition coefficient (Wildman–Crippen LogP) is 4.93. The fourth-order valence-electron chi connectivity index (χ4n) is 2.05. The summed E-state index contributed by atoms with van der Waals surface area (Å²) in [6, 6.07) is 5.77. The lowest BCUT2D eigenvalue weighted by Gasteiger charge is -2.20. The third-order valence-corrected chi connectivity index (χ3v) is 4.96. The lowest BCUT2D eigenvalue weighted by Crippen LogP contribution is -2.14. The number of halogens is 2. The Morgan fingerprint density at radius 1 is 1.18 bits per heavy atom. The average molecular weight is 378 g/mol. The van der Waals surface area contributed by atoms with Gasteiger partial charge in [0.15, 0.2) is 5.78 Å². The van der Waals surface area contributed by atoms with Crippen LogP contribution >= 0.6 is 43.6 Å². The Labute approximate surface area is 123 Å². The van der Waals surface area contributed by atoms with Crippen molar-refractivity contribution in [2.24, 2.45) is 5.92 Å². The van der Waals surface area contributed by atoms with E-state index in [1.807, 2.05) is 30.0 Å². The molecule has 0 amide bonds. The molecule has 0 bridgehead atoms. The SMILES string of the molecule is O=C(CC1CCSCC1)c1cc(Br)cc(Br)c1. The molecule has 1 aliphatic rings. The molecule has 1 fully saturated rings. The van der Waals surface area contributed by atoms with Crippen molar-refractivity contribution in [2.45, 2.75) is 19.3 Å². The van der Waals surface area contributed by atoms with Gasteiger partial charge in [-0.25, -0.2) is 0 Å². The fraction of sp³-hybridized carbons (Fsp3) is 0.462. The van der Waals surface area contributed by atoms with Crippen molar-refractivity contribution in [3.05, 3.63) is 32.7 Å². The lowest BCUT2D eigenvalue weighted by molar-refractivity contribution is 0.0958. The van der Waals surface area contributed by atoms with E-state index in [1.165, 1.54) is 24.3 Å². The number of ketones is 1. The summed E-state index contributed by atoms with van der Waals surface area (Å²) in [6.45, 7) is 0. The van der Waals surface area contributed by atoms with Gasteiger partial charge in [0.25, 0.3) is 0 Å². The summed E-state index contributed by atoms with van der Waals surface area (Å²) in [5.74, 6) is 3.27. The van der Waals surface area contributed by atoms with E-state index in [-0.39, 0.29) is 5.78 Å². The summed E-state index contributed by atoms with van der Waals surface area (Å²) in [5.41, 5.74) is 0.810. The van der Waals surface area contributed by atoms with Crippen molar-refractivity contribution in [3.8, 4) is 0 Å². The molecule has 1 aromatic rings. The Hall–Kier alpha value is 0.200. The van der Waals surface area contributed by atoms with Gasteiger partial charge in [-0.15, -0.1) is 0 Å². The first-order valence-electron chi connectivity index (χ1n) is 5.72. The van der Waals surface area contributed by atoms with Gasteiger partial charge in [0.05, 0.1) is 0 Å². The van der Waals surface area contributed by atoms with E-state index < -0.39 is 0 Å². The molecule has 0 saturated carbocycles. The molecule has 1 nitrogen and oxygen atoms in total. The number of hydrogen-bond acceptors (Lipinski definition) is 2. The Kier molecular flexibility index (Phi) is 5.12. The van der Waals surface area contributed by atoms with Crippen LogP contribution in [0.3, 0.4) is 0 Å². The van der Waals surface area contributed by atoms with Crippen LogP contribution in [0.15, 0.2) is 27.1 Å². The molecule has 0 aromatic heterocycles. The van der Waals surface area contributed by atoms with Gasteiger partial charge in [0.1, 0.15) is 0 Å². The molecule has 0 N–H and O–H groups in total. The first-order chi connectivity index (χ1) is 8.15. The van der Waals surface area contributed by atoms with Crippen LogP contribution in [0.1, 0.15) is 29.6 Å². The maximum absolute atomic E-state index is 12.2. The van der Waals surface area contributed by atoms with Crippen LogP contribution in [0.5, 0.6) is 0 Å². The normalized spacial score (nSPS) is 17.1. The molecular formula is C13H14Br2OS. The zero-order chi connectivity index (χ0) is 12.3. The van der Waals surface area contributed by atoms with Crippen molar-refractivity contribution >= 4 is 49.4 Å². The van der Waals surface area contributed by atoms with E-state index in [9.17, 15) is 4.79 Å². The highest BCUT2D eigenvalue weighted by molar-refractivity contribution is 9.11. The molecule has 1 heterocycles. The Balaban J connectivity index is 2.03. The van der Waals surface area contributed by atoms with Gasteiger partial charge in [0.2, 0.25) is 0 Å². The summed E-state index contributed by atoms with van der Waals surface area (Å²) >= 11 is 8.84. The van der Waals surface area contributed by atoms with Crippen LogP contribution in [0.25, 0.3) is 0 Å². The highest BCUT2D eigenvalue weighted by atomic mass is 79.9. The Morgan fingerprint density at radius 2 is 1.76 bits per heavy atom. The maximum atomic E-state index is 12.2. The Bertz CT molecular complexity index is 394. The van der Waals surface area contributed by atoms with E-state index in [1.54, 1.807) is 0 Å². The number of carbonyl (C=O) groups is 1. The molecule has 0 aliphatic carbocycles. The summed E-state index contributed by atoms with van der Waals surface area (Å²) in [5, 5.41) is 0. The van der Waals surface area contributed by atoms with Crippen LogP contribution in [-0.4, -0.2) is 17.3 Å². The second-order valence-corrected chi connectivity index (χ2v) is 7.40. The minimum atomic E-state index is 0.268. The second kappa shape index (κ2) is 6.39. The van der Waals surface area contributed by atoms with Crippen LogP contribution in [0.4, 0.5) is 0 Å². The monoisotopic (exact) mass is 376 g/mol. The van der Waals surface area contributed by atoms with Crippen LogP contribution in [-0.2, 0) is 0 Å². The van der Waals surface area contributed by atoms with Crippen molar-refractivity contribution in [1.29, 1.82) is 0 Å². The molecule has 1 aromatic carbocycles. The van der Waals surface area contributed by atoms with Gasteiger partial charge in [0, 0.05) is 20.9 Å². The quantitative estimate of drug-likeness (QED) is 0.694. The molecular weight excluding hydrogens is 364 g/mol. The lowest BCUT2D eigenvalue weighted by atomic mass is 9.93. The zero-order valence-corrected chi connectivity index (χ0v) is 13.4. The number of carbonyl (C=O) groups excluding carboxylic acids is 1. The smallest absolute Gasteiger partial charge is 0.163 e. The van der Waals surface area contributed by atoms with E-state index in [0.717, 1.165) is 14.5 Å². The molecule has 2 rings (SSSR count). The number of hydrogen-bond donors (Lipinski definition) is 0. The predicted molar refractivity (Wildman–Crippen MR) is 80.8 cm³/mol. The minimum absolute atomic E-state index is 0.268. The maximum Gasteiger partial charge on any atom is 0.163 e. The third kappa shape index (κ3) is 4.11. The number of rotatable bonds is 3. The zero-order valence-electron chi connectivity index (χ0n) is 9.42. The fourth-order valence-corrected chi connectivity index (χ4v) is 4.54. The van der Waals surface area contributed by atoms with Gasteiger partial charge in [-0.2, -0.15) is 11.8 Å². The molecule has 0 atom stereocenters. The summed E-state index contributed by atoms with van der Waals surface area (Å²) in [7, 11) is 0. The molecule has 0 unspecified atom stereocenters. The number of benzene rings is 1. The van der Waals surface area contributed by atoms with E-state index >= 15 is 0 Å². The van der Waals surface area contributed by atoms with Gasteiger partial charge in [-0.3, -0.25) is 4.79 Å². The van der Waals surface area contributed by atoms with Gasteiger partial charge in [-0.1, -0.05) is 31.9 Å². The van der Waals surface area contributed by atoms with E-state index in [0.29, 0.717) is 12.3 Å². The molecule has 1 aliphatic heterocycles. The van der Waals surface area contributed by atoms with Crippen LogP contribution in [0.2, 0.25) is 0 Å². The van der Waals surface area contributed by atoms with E-state index in [4.69, 9.17) is 0 Å². The van der Waals surface area contributed by atoms with Crippen LogP contribution in [0, 0.1) is 5.92 Å². The summed E-state index contributed by atoms with van der Waals surface area (Å²) in [4.78, 5) is 12.2. The van der Waals surface area contributed by atoms with Crippen molar-refractivity contribution in [1.82, 2.24) is 0 Å².